The van der Waals surface area contributed by atoms with E-state index in [1.165, 1.54) is 33.4 Å². The van der Waals surface area contributed by atoms with Crippen molar-refractivity contribution < 1.29 is 29.3 Å². The lowest BCUT2D eigenvalue weighted by atomic mass is 10.0. The van der Waals surface area contributed by atoms with Crippen LogP contribution in [0.25, 0.3) is 11.1 Å². The number of carbonyl (C=O) groups is 2. The fourth-order valence-corrected chi connectivity index (χ4v) is 9.67. The van der Waals surface area contributed by atoms with E-state index in [0.717, 1.165) is 73.5 Å². The van der Waals surface area contributed by atoms with Gasteiger partial charge in [0, 0.05) is 44.8 Å². The van der Waals surface area contributed by atoms with E-state index in [1.807, 2.05) is 61.6 Å². The average molecular weight is 857 g/mol. The van der Waals surface area contributed by atoms with Crippen molar-refractivity contribution in [1.29, 1.82) is 0 Å². The highest BCUT2D eigenvalue weighted by Gasteiger charge is 2.21. The van der Waals surface area contributed by atoms with Crippen LogP contribution in [0.4, 0.5) is 0 Å². The third-order valence-corrected chi connectivity index (χ3v) is 13.0. The quantitative estimate of drug-likeness (QED) is 0.0591. The zero-order chi connectivity index (χ0) is 36.3. The highest BCUT2D eigenvalue weighted by Crippen LogP contribution is 2.38. The summed E-state index contributed by atoms with van der Waals surface area (Å²) in [5.41, 5.74) is 10.2. The van der Waals surface area contributed by atoms with Crippen LogP contribution in [0.2, 0.25) is 0 Å². The van der Waals surface area contributed by atoms with Crippen LogP contribution < -0.4 is 0 Å². The highest BCUT2D eigenvalue weighted by atomic mass is 79.9. The first-order valence-electron chi connectivity index (χ1n) is 17.4. The van der Waals surface area contributed by atoms with E-state index in [0.29, 0.717) is 26.1 Å². The third-order valence-electron chi connectivity index (χ3n) is 8.87. The molecule has 10 heteroatoms. The largest absolute Gasteiger partial charge is 0.479 e. The number of aryl methyl sites for hydroxylation is 2. The van der Waals surface area contributed by atoms with Gasteiger partial charge in [0.2, 0.25) is 0 Å². The number of thioether (sulfide) groups is 2. The average Bonchev–Trinajstić information content (AvgIpc) is 3.46. The van der Waals surface area contributed by atoms with Crippen LogP contribution in [0.15, 0.2) is 91.5 Å². The van der Waals surface area contributed by atoms with Gasteiger partial charge in [0.05, 0.1) is 0 Å². The molecule has 0 aromatic heterocycles. The highest BCUT2D eigenvalue weighted by molar-refractivity contribution is 9.10. The summed E-state index contributed by atoms with van der Waals surface area (Å²) >= 11 is 11.0. The van der Waals surface area contributed by atoms with Crippen LogP contribution in [0, 0.1) is 0 Å². The zero-order valence-electron chi connectivity index (χ0n) is 29.0. The normalized spacial score (nSPS) is 13.1. The van der Waals surface area contributed by atoms with Crippen molar-refractivity contribution in [3.8, 4) is 11.1 Å². The third kappa shape index (κ3) is 11.2. The molecule has 0 aliphatic heterocycles. The number of hydrogen-bond donors (Lipinski definition) is 2. The van der Waals surface area contributed by atoms with Crippen molar-refractivity contribution >= 4 is 67.3 Å². The molecule has 5 rings (SSSR count). The van der Waals surface area contributed by atoms with Gasteiger partial charge in [-0.05, 0) is 158 Å². The summed E-state index contributed by atoms with van der Waals surface area (Å²) in [4.78, 5) is 25.2. The fourth-order valence-electron chi connectivity index (χ4n) is 6.39. The van der Waals surface area contributed by atoms with Crippen LogP contribution >= 0.6 is 55.4 Å². The van der Waals surface area contributed by atoms with E-state index in [2.05, 4.69) is 80.4 Å². The fraction of sp³-hybridized carbons (Fsp3) is 0.366. The first-order chi connectivity index (χ1) is 24.6. The lowest BCUT2D eigenvalue weighted by Gasteiger charge is -2.13. The maximum atomic E-state index is 11.5. The number of hydrogen-bond acceptors (Lipinski definition) is 6. The molecular weight excluding hydrogens is 812 g/mol. The molecule has 4 aromatic carbocycles. The smallest absolute Gasteiger partial charge is 0.333 e. The molecule has 0 amide bonds. The Labute approximate surface area is 326 Å². The summed E-state index contributed by atoms with van der Waals surface area (Å²) in [6.07, 6.45) is 4.21. The predicted molar refractivity (Wildman–Crippen MR) is 215 cm³/mol. The van der Waals surface area contributed by atoms with Crippen molar-refractivity contribution in [2.24, 2.45) is 0 Å². The molecule has 2 N–H and O–H groups in total. The molecule has 1 aliphatic carbocycles. The molecule has 0 saturated carbocycles. The SMILES string of the molecule is CCOC(Cc1ccc(SCCCc2ccc3c(c2)Cc2cc(CCCSc4ccc(CC(OCC)C(=O)O)cc4Br)ccc2-3)c(Br)c1)C(=O)O. The van der Waals surface area contributed by atoms with Gasteiger partial charge >= 0.3 is 11.9 Å². The monoisotopic (exact) mass is 854 g/mol. The van der Waals surface area contributed by atoms with E-state index in [9.17, 15) is 19.8 Å². The summed E-state index contributed by atoms with van der Waals surface area (Å²) in [6.45, 7) is 4.37. The van der Waals surface area contributed by atoms with Crippen LogP contribution in [-0.4, -0.2) is 59.1 Å². The van der Waals surface area contributed by atoms with E-state index in [4.69, 9.17) is 9.47 Å². The standard InChI is InChI=1S/C41H44Br2O6S2/c1-3-48-36(40(44)45)23-28-11-15-38(34(42)21-28)50-17-5-7-26-9-13-32-30(19-26)25-31-20-27(10-14-33(31)32)8-6-18-51-39-16-12-29(22-35(39)43)24-37(41(46)47)49-4-2/h9-16,19-22,36-37H,3-8,17-18,23-25H2,1-2H3,(H,44,45)(H,46,47). The molecule has 1 aliphatic rings. The molecule has 4 aromatic rings. The van der Waals surface area contributed by atoms with Gasteiger partial charge < -0.3 is 19.7 Å². The number of fused-ring (bicyclic) bond motifs is 3. The second-order valence-electron chi connectivity index (χ2n) is 12.6. The Morgan fingerprint density at radius 2 is 1.06 bits per heavy atom. The Morgan fingerprint density at radius 3 is 1.43 bits per heavy atom. The van der Waals surface area contributed by atoms with Gasteiger partial charge in [-0.1, -0.05) is 48.5 Å². The van der Waals surface area contributed by atoms with E-state index >= 15 is 0 Å². The Hall–Kier alpha value is -2.60. The van der Waals surface area contributed by atoms with E-state index < -0.39 is 24.1 Å². The number of rotatable bonds is 20. The minimum absolute atomic E-state index is 0.348. The molecule has 0 saturated heterocycles. The number of ether oxygens (including phenoxy) is 2. The summed E-state index contributed by atoms with van der Waals surface area (Å²) in [6, 6.07) is 26.1. The zero-order valence-corrected chi connectivity index (χ0v) is 33.8. The summed E-state index contributed by atoms with van der Waals surface area (Å²) in [7, 11) is 0. The van der Waals surface area contributed by atoms with E-state index in [-0.39, 0.29) is 0 Å². The number of aliphatic carboxylic acids is 2. The number of carboxylic acids is 2. The maximum absolute atomic E-state index is 11.5. The van der Waals surface area contributed by atoms with Crippen LogP contribution in [0.3, 0.4) is 0 Å². The summed E-state index contributed by atoms with van der Waals surface area (Å²) in [5, 5.41) is 18.8. The van der Waals surface area contributed by atoms with Gasteiger partial charge in [-0.3, -0.25) is 0 Å². The van der Waals surface area contributed by atoms with Crippen molar-refractivity contribution in [2.45, 2.75) is 80.8 Å². The van der Waals surface area contributed by atoms with Gasteiger partial charge in [0.1, 0.15) is 0 Å². The first-order valence-corrected chi connectivity index (χ1v) is 21.0. The van der Waals surface area contributed by atoms with Gasteiger partial charge in [-0.15, -0.1) is 23.5 Å². The first kappa shape index (κ1) is 39.6. The number of carboxylic acid groups (broad SMARTS) is 2. The minimum Gasteiger partial charge on any atom is -0.479 e. The lowest BCUT2D eigenvalue weighted by Crippen LogP contribution is -2.26. The summed E-state index contributed by atoms with van der Waals surface area (Å²) < 4.78 is 12.7. The molecule has 51 heavy (non-hydrogen) atoms. The van der Waals surface area contributed by atoms with Crippen molar-refractivity contribution in [2.75, 3.05) is 24.7 Å². The topological polar surface area (TPSA) is 93.1 Å². The summed E-state index contributed by atoms with van der Waals surface area (Å²) in [5.74, 6) is 0.128. The van der Waals surface area contributed by atoms with Gasteiger partial charge in [0.15, 0.2) is 12.2 Å². The molecule has 0 bridgehead atoms. The van der Waals surface area contributed by atoms with Gasteiger partial charge in [-0.25, -0.2) is 9.59 Å². The molecule has 0 fully saturated rings. The van der Waals surface area contributed by atoms with Crippen LogP contribution in [0.1, 0.15) is 60.1 Å². The number of benzene rings is 4. The Balaban J connectivity index is 1.06. The molecule has 2 atom stereocenters. The molecule has 0 radical (unpaired) electrons. The molecule has 0 heterocycles. The van der Waals surface area contributed by atoms with Crippen LogP contribution in [0.5, 0.6) is 0 Å². The maximum Gasteiger partial charge on any atom is 0.333 e. The van der Waals surface area contributed by atoms with Crippen LogP contribution in [-0.2, 0) is 51.2 Å². The molecular formula is C41H44Br2O6S2. The minimum atomic E-state index is -0.933. The van der Waals surface area contributed by atoms with Crippen molar-refractivity contribution in [3.05, 3.63) is 115 Å². The van der Waals surface area contributed by atoms with Gasteiger partial charge in [0.25, 0.3) is 0 Å². The van der Waals surface area contributed by atoms with Crippen molar-refractivity contribution in [1.82, 2.24) is 0 Å². The molecule has 2 unspecified atom stereocenters. The van der Waals surface area contributed by atoms with Gasteiger partial charge in [-0.2, -0.15) is 0 Å². The molecule has 6 nitrogen and oxygen atoms in total. The Morgan fingerprint density at radius 1 is 0.647 bits per heavy atom. The Bertz CT molecular complexity index is 1700. The predicted octanol–water partition coefficient (Wildman–Crippen LogP) is 10.3. The lowest BCUT2D eigenvalue weighted by molar-refractivity contribution is -0.150. The Kier molecular flexibility index (Phi) is 15.1. The second kappa shape index (κ2) is 19.5. The second-order valence-corrected chi connectivity index (χ2v) is 16.5. The van der Waals surface area contributed by atoms with E-state index in [1.54, 1.807) is 0 Å². The van der Waals surface area contributed by atoms with Crippen molar-refractivity contribution in [3.63, 3.8) is 0 Å². The molecule has 270 valence electrons. The molecule has 0 spiro atoms. The number of halogens is 2.